The van der Waals surface area contributed by atoms with Crippen molar-refractivity contribution >= 4 is 0 Å². The first-order chi connectivity index (χ1) is 18.2. The molecule has 0 radical (unpaired) electrons. The lowest BCUT2D eigenvalue weighted by Gasteiger charge is -2.39. The quantitative estimate of drug-likeness (QED) is 0.0608. The monoisotopic (exact) mass is 523 g/mol. The van der Waals surface area contributed by atoms with Gasteiger partial charge in [0, 0.05) is 0 Å². The number of nitrogens with zero attached hydrogens (tertiary/aromatic N) is 1. The fraction of sp³-hybridized carbons (Fsp3) is 1.00. The van der Waals surface area contributed by atoms with Gasteiger partial charge >= 0.3 is 0 Å². The highest BCUT2D eigenvalue weighted by atomic mass is 15.3. The van der Waals surface area contributed by atoms with Crippen LogP contribution in [0.4, 0.5) is 0 Å². The first-order valence-corrected chi connectivity index (χ1v) is 18.1. The molecule has 0 amide bonds. The molecular weight excluding hydrogens is 446 g/mol. The normalized spacial score (nSPS) is 12.0. The van der Waals surface area contributed by atoms with E-state index < -0.39 is 0 Å². The first kappa shape index (κ1) is 37.0. The van der Waals surface area contributed by atoms with Gasteiger partial charge in [-0.2, -0.15) is 0 Å². The molecule has 0 rings (SSSR count). The van der Waals surface area contributed by atoms with Crippen LogP contribution in [0, 0.1) is 0 Å². The average molecular weight is 523 g/mol. The average Bonchev–Trinajstić information content (AvgIpc) is 2.91. The van der Waals surface area contributed by atoms with E-state index >= 15 is 0 Å². The van der Waals surface area contributed by atoms with E-state index in [0.29, 0.717) is 0 Å². The molecule has 1 nitrogen and oxygen atoms in total. The molecule has 0 heterocycles. The van der Waals surface area contributed by atoms with Gasteiger partial charge in [-0.25, -0.2) is 0 Å². The Bertz CT molecular complexity index is 365. The van der Waals surface area contributed by atoms with Crippen molar-refractivity contribution in [3.05, 3.63) is 0 Å². The highest BCUT2D eigenvalue weighted by Crippen LogP contribution is 2.20. The van der Waals surface area contributed by atoms with Crippen molar-refractivity contribution < 1.29 is 4.48 Å². The van der Waals surface area contributed by atoms with Gasteiger partial charge in [0.05, 0.1) is 26.2 Å². The Labute approximate surface area is 237 Å². The molecule has 0 aromatic carbocycles. The maximum absolute atomic E-state index is 2.39. The van der Waals surface area contributed by atoms with Gasteiger partial charge in [0.25, 0.3) is 0 Å². The van der Waals surface area contributed by atoms with Crippen LogP contribution < -0.4 is 0 Å². The minimum atomic E-state index is 1.36. The van der Waals surface area contributed by atoms with Crippen LogP contribution in [-0.4, -0.2) is 30.7 Å². The van der Waals surface area contributed by atoms with Crippen LogP contribution >= 0.6 is 0 Å². The molecule has 0 atom stereocenters. The molecule has 0 aromatic heterocycles. The van der Waals surface area contributed by atoms with Crippen molar-refractivity contribution in [2.45, 2.75) is 207 Å². The molecular formula is C36H76N+. The minimum Gasteiger partial charge on any atom is -0.324 e. The zero-order valence-electron chi connectivity index (χ0n) is 27.1. The lowest BCUT2D eigenvalue weighted by Crippen LogP contribution is -2.50. The van der Waals surface area contributed by atoms with Crippen LogP contribution in [0.15, 0.2) is 0 Å². The van der Waals surface area contributed by atoms with E-state index in [4.69, 9.17) is 0 Å². The molecule has 224 valence electrons. The van der Waals surface area contributed by atoms with Gasteiger partial charge in [0.1, 0.15) is 0 Å². The third-order valence-electron chi connectivity index (χ3n) is 8.94. The summed E-state index contributed by atoms with van der Waals surface area (Å²) in [6, 6.07) is 0. The van der Waals surface area contributed by atoms with Gasteiger partial charge in [-0.3, -0.25) is 0 Å². The summed E-state index contributed by atoms with van der Waals surface area (Å²) in [5.41, 5.74) is 0. The summed E-state index contributed by atoms with van der Waals surface area (Å²) in [4.78, 5) is 0. The number of quaternary nitrogens is 1. The summed E-state index contributed by atoms with van der Waals surface area (Å²) >= 11 is 0. The summed E-state index contributed by atoms with van der Waals surface area (Å²) in [6.45, 7) is 15.3. The maximum Gasteiger partial charge on any atom is 0.0786 e. The molecule has 0 saturated carbocycles. The summed E-state index contributed by atoms with van der Waals surface area (Å²) < 4.78 is 1.46. The number of rotatable bonds is 32. The topological polar surface area (TPSA) is 0 Å². The largest absolute Gasteiger partial charge is 0.324 e. The summed E-state index contributed by atoms with van der Waals surface area (Å²) in [5.74, 6) is 0. The lowest BCUT2D eigenvalue weighted by atomic mass is 10.0. The number of hydrogen-bond donors (Lipinski definition) is 0. The molecule has 0 bridgehead atoms. The van der Waals surface area contributed by atoms with Crippen molar-refractivity contribution in [3.8, 4) is 0 Å². The molecule has 0 N–H and O–H groups in total. The first-order valence-electron chi connectivity index (χ1n) is 18.1. The molecule has 0 fully saturated rings. The molecule has 0 aromatic rings. The predicted octanol–water partition coefficient (Wildman–Crippen LogP) is 12.8. The molecule has 1 heteroatoms. The van der Waals surface area contributed by atoms with E-state index in [9.17, 15) is 0 Å². The van der Waals surface area contributed by atoms with E-state index in [1.165, 1.54) is 210 Å². The van der Waals surface area contributed by atoms with E-state index in [-0.39, 0.29) is 0 Å². The van der Waals surface area contributed by atoms with Crippen molar-refractivity contribution in [2.24, 2.45) is 0 Å². The van der Waals surface area contributed by atoms with Crippen LogP contribution in [0.1, 0.15) is 207 Å². The third kappa shape index (κ3) is 26.0. The van der Waals surface area contributed by atoms with Gasteiger partial charge in [-0.15, -0.1) is 0 Å². The summed E-state index contributed by atoms with van der Waals surface area (Å²) in [7, 11) is 0. The van der Waals surface area contributed by atoms with Gasteiger partial charge < -0.3 is 4.48 Å². The molecule has 0 unspecified atom stereocenters. The van der Waals surface area contributed by atoms with Crippen molar-refractivity contribution in [1.29, 1.82) is 0 Å². The molecule has 0 aliphatic rings. The highest BCUT2D eigenvalue weighted by molar-refractivity contribution is 4.54. The second-order valence-corrected chi connectivity index (χ2v) is 12.7. The Hall–Kier alpha value is -0.0400. The third-order valence-corrected chi connectivity index (χ3v) is 8.94. The van der Waals surface area contributed by atoms with E-state index in [1.54, 1.807) is 0 Å². The second kappa shape index (κ2) is 30.5. The van der Waals surface area contributed by atoms with Crippen LogP contribution in [0.5, 0.6) is 0 Å². The van der Waals surface area contributed by atoms with Crippen molar-refractivity contribution in [1.82, 2.24) is 0 Å². The van der Waals surface area contributed by atoms with Gasteiger partial charge in [-0.1, -0.05) is 169 Å². The highest BCUT2D eigenvalue weighted by Gasteiger charge is 2.25. The Kier molecular flexibility index (Phi) is 30.5. The van der Waals surface area contributed by atoms with E-state index in [0.717, 1.165) is 0 Å². The van der Waals surface area contributed by atoms with Gasteiger partial charge in [-0.05, 0) is 38.5 Å². The summed E-state index contributed by atoms with van der Waals surface area (Å²) in [5, 5.41) is 0. The lowest BCUT2D eigenvalue weighted by molar-refractivity contribution is -0.929. The zero-order chi connectivity index (χ0) is 27.1. The van der Waals surface area contributed by atoms with Crippen LogP contribution in [0.3, 0.4) is 0 Å². The van der Waals surface area contributed by atoms with Crippen LogP contribution in [0.2, 0.25) is 0 Å². The SMILES string of the molecule is CCCCCCCCCCCCCC[N+](CCCC)(CCCC)CCCCCCCCCCCCCC. The maximum atomic E-state index is 2.39. The zero-order valence-corrected chi connectivity index (χ0v) is 27.1. The van der Waals surface area contributed by atoms with Crippen molar-refractivity contribution in [3.63, 3.8) is 0 Å². The van der Waals surface area contributed by atoms with Crippen LogP contribution in [-0.2, 0) is 0 Å². The Balaban J connectivity index is 4.06. The number of hydrogen-bond acceptors (Lipinski definition) is 0. The number of unbranched alkanes of at least 4 members (excludes halogenated alkanes) is 24. The van der Waals surface area contributed by atoms with Gasteiger partial charge in [0.15, 0.2) is 0 Å². The minimum absolute atomic E-state index is 1.36. The van der Waals surface area contributed by atoms with E-state index in [1.807, 2.05) is 0 Å². The molecule has 0 aliphatic carbocycles. The predicted molar refractivity (Wildman–Crippen MR) is 172 cm³/mol. The summed E-state index contributed by atoms with van der Waals surface area (Å²) in [6.07, 6.45) is 40.8. The molecule has 37 heavy (non-hydrogen) atoms. The fourth-order valence-electron chi connectivity index (χ4n) is 6.23. The fourth-order valence-corrected chi connectivity index (χ4v) is 6.23. The molecule has 0 saturated heterocycles. The second-order valence-electron chi connectivity index (χ2n) is 12.7. The Morgan fingerprint density at radius 2 is 0.405 bits per heavy atom. The Morgan fingerprint density at radius 1 is 0.216 bits per heavy atom. The standard InChI is InChI=1S/C36H76N/c1-5-9-13-15-17-19-21-23-25-27-29-31-35-37(33-11-7-3,34-12-8-4)36-32-30-28-26-24-22-20-18-16-14-10-6-2/h5-36H2,1-4H3/q+1. The Morgan fingerprint density at radius 3 is 0.649 bits per heavy atom. The smallest absolute Gasteiger partial charge is 0.0786 e. The van der Waals surface area contributed by atoms with Crippen LogP contribution in [0.25, 0.3) is 0 Å². The van der Waals surface area contributed by atoms with E-state index in [2.05, 4.69) is 27.7 Å². The van der Waals surface area contributed by atoms with Gasteiger partial charge in [0.2, 0.25) is 0 Å². The molecule has 0 aliphatic heterocycles. The van der Waals surface area contributed by atoms with Crippen molar-refractivity contribution in [2.75, 3.05) is 26.2 Å². The molecule has 0 spiro atoms.